The number of aryl methyl sites for hydroxylation is 1. The summed E-state index contributed by atoms with van der Waals surface area (Å²) in [5.74, 6) is -0.186. The van der Waals surface area contributed by atoms with Gasteiger partial charge >= 0.3 is 0 Å². The number of hydrogen-bond acceptors (Lipinski definition) is 3. The van der Waals surface area contributed by atoms with E-state index in [1.54, 1.807) is 0 Å². The van der Waals surface area contributed by atoms with E-state index in [4.69, 9.17) is 9.49 Å². The van der Waals surface area contributed by atoms with Crippen LogP contribution in [0.25, 0.3) is 6.08 Å². The molecule has 0 fully saturated rings. The zero-order valence-corrected chi connectivity index (χ0v) is 33.5. The Morgan fingerprint density at radius 1 is 0.404 bits per heavy atom. The van der Waals surface area contributed by atoms with Gasteiger partial charge in [-0.15, -0.1) is 0 Å². The van der Waals surface area contributed by atoms with Gasteiger partial charge in [0, 0.05) is 37.4 Å². The average Bonchev–Trinajstić information content (AvgIpc) is 3.29. The molecule has 0 saturated heterocycles. The van der Waals surface area contributed by atoms with Gasteiger partial charge < -0.3 is 0 Å². The molecule has 0 N–H and O–H groups in total. The van der Waals surface area contributed by atoms with Crippen LogP contribution in [0.2, 0.25) is 0 Å². The Hall–Kier alpha value is -6.37. The first kappa shape index (κ1) is 37.5. The van der Waals surface area contributed by atoms with E-state index in [0.29, 0.717) is 16.9 Å². The van der Waals surface area contributed by atoms with E-state index in [1.165, 1.54) is 0 Å². The van der Waals surface area contributed by atoms with Crippen LogP contribution in [-0.2, 0) is 0 Å². The van der Waals surface area contributed by atoms with Crippen LogP contribution in [0.15, 0.2) is 246 Å². The average molecular weight is 773 g/mol. The molecule has 0 aliphatic rings. The summed E-state index contributed by atoms with van der Waals surface area (Å²) in [4.78, 5) is 15.7. The Kier molecular flexibility index (Phi) is 11.3. The summed E-state index contributed by atoms with van der Waals surface area (Å²) >= 11 is 0. The topological polar surface area (TPSA) is 41.8 Å². The Morgan fingerprint density at radius 3 is 1.12 bits per heavy atom. The predicted octanol–water partition coefficient (Wildman–Crippen LogP) is 11.2. The fourth-order valence-corrected chi connectivity index (χ4v) is 14.4. The smallest absolute Gasteiger partial charge is 0.213 e. The van der Waals surface area contributed by atoms with E-state index in [-0.39, 0.29) is 5.78 Å². The van der Waals surface area contributed by atoms with E-state index >= 15 is 4.79 Å². The van der Waals surface area contributed by atoms with Gasteiger partial charge in [-0.05, 0) is 30.7 Å². The number of ketones is 1. The minimum atomic E-state index is -2.82. The Balaban J connectivity index is 1.45. The van der Waals surface area contributed by atoms with E-state index in [1.807, 2.05) is 66.7 Å². The molecule has 276 valence electrons. The minimum Gasteiger partial charge on any atom is -0.287 e. The first-order valence-electron chi connectivity index (χ1n) is 19.1. The summed E-state index contributed by atoms with van der Waals surface area (Å²) in [6, 6.07) is 78.9. The van der Waals surface area contributed by atoms with Crippen molar-refractivity contribution in [1.29, 1.82) is 0 Å². The summed E-state index contributed by atoms with van der Waals surface area (Å²) in [6.45, 7) is 2.07. The molecule has 8 aromatic rings. The van der Waals surface area contributed by atoms with Crippen LogP contribution in [0.1, 0.15) is 21.5 Å². The third-order valence-corrected chi connectivity index (χ3v) is 17.4. The van der Waals surface area contributed by atoms with E-state index in [9.17, 15) is 0 Å². The molecule has 0 atom stereocenters. The van der Waals surface area contributed by atoms with Gasteiger partial charge in [0.2, 0.25) is 5.78 Å². The van der Waals surface area contributed by atoms with Crippen molar-refractivity contribution in [3.05, 3.63) is 253 Å². The van der Waals surface area contributed by atoms with E-state index < -0.39 is 14.1 Å². The van der Waals surface area contributed by atoms with Crippen molar-refractivity contribution in [2.24, 2.45) is 9.49 Å². The molecule has 0 spiro atoms. The van der Waals surface area contributed by atoms with Crippen LogP contribution in [0, 0.1) is 6.92 Å². The molecule has 57 heavy (non-hydrogen) atoms. The van der Waals surface area contributed by atoms with Crippen molar-refractivity contribution < 1.29 is 4.79 Å². The van der Waals surface area contributed by atoms with Crippen LogP contribution in [0.4, 0.5) is 5.69 Å². The van der Waals surface area contributed by atoms with Gasteiger partial charge in [-0.2, -0.15) is 0 Å². The Bertz CT molecular complexity index is 2530. The van der Waals surface area contributed by atoms with Crippen molar-refractivity contribution in [3.8, 4) is 0 Å². The highest BCUT2D eigenvalue weighted by Crippen LogP contribution is 2.51. The van der Waals surface area contributed by atoms with Crippen molar-refractivity contribution in [2.75, 3.05) is 0 Å². The van der Waals surface area contributed by atoms with Crippen molar-refractivity contribution in [2.45, 2.75) is 6.92 Å². The van der Waals surface area contributed by atoms with Gasteiger partial charge in [-0.1, -0.05) is 224 Å². The van der Waals surface area contributed by atoms with Crippen LogP contribution in [0.5, 0.6) is 0 Å². The van der Waals surface area contributed by atoms with E-state index in [0.717, 1.165) is 43.0 Å². The molecule has 3 nitrogen and oxygen atoms in total. The van der Waals surface area contributed by atoms with Crippen LogP contribution in [0.3, 0.4) is 0 Å². The third-order valence-electron chi connectivity index (χ3n) is 10.1. The highest BCUT2D eigenvalue weighted by Gasteiger charge is 2.31. The number of benzene rings is 8. The summed E-state index contributed by atoms with van der Waals surface area (Å²) in [7, 11) is -5.52. The molecule has 0 bridgehead atoms. The lowest BCUT2D eigenvalue weighted by molar-refractivity contribution is 0.103. The van der Waals surface area contributed by atoms with Crippen molar-refractivity contribution >= 4 is 63.5 Å². The fourth-order valence-electron chi connectivity index (χ4n) is 7.28. The second-order valence-electron chi connectivity index (χ2n) is 13.8. The lowest BCUT2D eigenvalue weighted by Gasteiger charge is -2.28. The molecular weight excluding hydrogens is 731 g/mol. The molecule has 8 aromatic carbocycles. The van der Waals surface area contributed by atoms with Gasteiger partial charge in [0.05, 0.1) is 19.8 Å². The number of allylic oxidation sites excluding steroid dienone is 1. The van der Waals surface area contributed by atoms with Gasteiger partial charge in [0.1, 0.15) is 5.70 Å². The maximum Gasteiger partial charge on any atom is 0.213 e. The third kappa shape index (κ3) is 7.74. The SMILES string of the molecule is Cc1ccc(/C=C(\N=P(c2ccccc2)(c2ccccc2)c2ccccc2)C(=O)c2ccccc2N=P(c2ccccc2)(c2ccccc2)c2ccccc2)cc1. The molecule has 0 amide bonds. The van der Waals surface area contributed by atoms with E-state index in [2.05, 4.69) is 177 Å². The molecule has 0 unspecified atom stereocenters. The normalized spacial score (nSPS) is 11.8. The summed E-state index contributed by atoms with van der Waals surface area (Å²) in [6.07, 6.45) is 1.95. The van der Waals surface area contributed by atoms with Crippen molar-refractivity contribution in [3.63, 3.8) is 0 Å². The predicted molar refractivity (Wildman–Crippen MR) is 245 cm³/mol. The zero-order valence-electron chi connectivity index (χ0n) is 31.7. The molecule has 0 aromatic heterocycles. The number of hydrogen-bond donors (Lipinski definition) is 0. The zero-order chi connectivity index (χ0) is 38.9. The molecule has 0 radical (unpaired) electrons. The highest BCUT2D eigenvalue weighted by atomic mass is 31.2. The first-order valence-corrected chi connectivity index (χ1v) is 22.6. The largest absolute Gasteiger partial charge is 0.287 e. The molecule has 0 aliphatic carbocycles. The van der Waals surface area contributed by atoms with Crippen LogP contribution < -0.4 is 31.8 Å². The van der Waals surface area contributed by atoms with Gasteiger partial charge in [0.25, 0.3) is 0 Å². The number of nitrogens with zero attached hydrogens (tertiary/aromatic N) is 2. The number of carbonyl (C=O) groups is 1. The highest BCUT2D eigenvalue weighted by molar-refractivity contribution is 7.88. The second-order valence-corrected chi connectivity index (χ2v) is 19.8. The molecular formula is C52H42N2OP2. The fraction of sp³-hybridized carbons (Fsp3) is 0.0192. The van der Waals surface area contributed by atoms with Gasteiger partial charge in [-0.25, -0.2) is 4.74 Å². The van der Waals surface area contributed by atoms with Gasteiger partial charge in [0.15, 0.2) is 0 Å². The first-order chi connectivity index (χ1) is 28.1. The number of Topliss-reactive ketones (excluding diaryl/α,β-unsaturated/α-hetero) is 1. The molecule has 0 saturated carbocycles. The Labute approximate surface area is 336 Å². The lowest BCUT2D eigenvalue weighted by Crippen LogP contribution is -2.26. The lowest BCUT2D eigenvalue weighted by atomic mass is 10.0. The minimum absolute atomic E-state index is 0.186. The summed E-state index contributed by atoms with van der Waals surface area (Å²) < 4.78 is 11.6. The quantitative estimate of drug-likeness (QED) is 0.0733. The molecule has 8 rings (SSSR count). The molecule has 5 heteroatoms. The van der Waals surface area contributed by atoms with Gasteiger partial charge in [-0.3, -0.25) is 9.54 Å². The maximum atomic E-state index is 15.7. The maximum absolute atomic E-state index is 15.7. The summed E-state index contributed by atoms with van der Waals surface area (Å²) in [5, 5.41) is 6.49. The Morgan fingerprint density at radius 2 is 0.737 bits per heavy atom. The summed E-state index contributed by atoms with van der Waals surface area (Å²) in [5.41, 5.74) is 3.53. The monoisotopic (exact) mass is 772 g/mol. The van der Waals surface area contributed by atoms with Crippen LogP contribution >= 0.6 is 14.1 Å². The van der Waals surface area contributed by atoms with Crippen molar-refractivity contribution in [1.82, 2.24) is 0 Å². The molecule has 0 heterocycles. The molecule has 0 aliphatic heterocycles. The standard InChI is InChI=1S/C52H42N2OP2/c1-41-36-38-42(39-37-41)40-51(54-57(46-28-14-5-15-29-46,47-30-16-6-17-31-47)48-32-18-7-19-33-48)52(55)49-34-20-21-35-50(49)53-56(43-22-8-2-9-23-43,44-24-10-3-11-25-44)45-26-12-4-13-27-45/h2-40H,1H3/b51-40-. The second kappa shape index (κ2) is 17.2. The van der Waals surface area contributed by atoms with Crippen LogP contribution in [-0.4, -0.2) is 5.78 Å². The number of rotatable bonds is 11. The number of carbonyl (C=O) groups excluding carboxylic acids is 1.